The maximum Gasteiger partial charge on any atom is 0.253 e. The van der Waals surface area contributed by atoms with Crippen molar-refractivity contribution in [3.05, 3.63) is 33.3 Å². The molecule has 0 saturated carbocycles. The number of ether oxygens (including phenoxy) is 1. The van der Waals surface area contributed by atoms with E-state index in [0.29, 0.717) is 29.7 Å². The summed E-state index contributed by atoms with van der Waals surface area (Å²) in [6.45, 7) is 4.62. The molecule has 2 atom stereocenters. The van der Waals surface area contributed by atoms with Crippen LogP contribution in [0.4, 0.5) is 0 Å². The Bertz CT molecular complexity index is 559. The Morgan fingerprint density at radius 1 is 1.43 bits per heavy atom. The van der Waals surface area contributed by atoms with Crippen LogP contribution in [-0.4, -0.2) is 43.2 Å². The number of hydrogen-bond donors (Lipinski definition) is 1. The van der Waals surface area contributed by atoms with Crippen LogP contribution in [0.3, 0.4) is 0 Å². The van der Waals surface area contributed by atoms with Gasteiger partial charge in [-0.2, -0.15) is 0 Å². The minimum atomic E-state index is -0.395. The molecular weight excluding hydrogens is 311 g/mol. The summed E-state index contributed by atoms with van der Waals surface area (Å²) in [7, 11) is 0. The van der Waals surface area contributed by atoms with Crippen LogP contribution in [0.1, 0.15) is 24.1 Å². The van der Waals surface area contributed by atoms with Crippen molar-refractivity contribution in [2.75, 3.05) is 26.2 Å². The van der Waals surface area contributed by atoms with E-state index in [9.17, 15) is 4.79 Å². The van der Waals surface area contributed by atoms with E-state index < -0.39 is 6.10 Å². The van der Waals surface area contributed by atoms with E-state index in [0.717, 1.165) is 24.1 Å². The fourth-order valence-electron chi connectivity index (χ4n) is 3.11. The first-order chi connectivity index (χ1) is 10.1. The van der Waals surface area contributed by atoms with Gasteiger partial charge in [-0.3, -0.25) is 4.79 Å². The molecular formula is C15H18Cl2N2O2. The second kappa shape index (κ2) is 6.13. The van der Waals surface area contributed by atoms with Crippen molar-refractivity contribution in [2.24, 2.45) is 0 Å². The lowest BCUT2D eigenvalue weighted by Crippen LogP contribution is -2.51. The summed E-state index contributed by atoms with van der Waals surface area (Å²) in [5.74, 6) is 0.0337. The Labute approximate surface area is 134 Å². The number of halogens is 2. The largest absolute Gasteiger partial charge is 0.366 e. The average molecular weight is 329 g/mol. The van der Waals surface area contributed by atoms with Crippen molar-refractivity contribution in [3.8, 4) is 0 Å². The number of nitrogens with one attached hydrogen (secondary N) is 1. The standard InChI is InChI=1S/C15H18Cl2N2O2/c1-9-14-10(6-11(16)7-12(14)17)2-4-19(9)15(20)13-8-18-3-5-21-13/h6-7,9,13,18H,2-5,8H2,1H3/t9-,13-/m1/s1. The lowest BCUT2D eigenvalue weighted by molar-refractivity contribution is -0.147. The molecule has 1 saturated heterocycles. The molecule has 1 fully saturated rings. The monoisotopic (exact) mass is 328 g/mol. The topological polar surface area (TPSA) is 41.6 Å². The first-order valence-electron chi connectivity index (χ1n) is 7.18. The third kappa shape index (κ3) is 2.90. The summed E-state index contributed by atoms with van der Waals surface area (Å²) in [4.78, 5) is 14.5. The minimum absolute atomic E-state index is 0.0337. The summed E-state index contributed by atoms with van der Waals surface area (Å²) in [6, 6.07) is 3.63. The predicted molar refractivity (Wildman–Crippen MR) is 82.9 cm³/mol. The maximum absolute atomic E-state index is 12.6. The van der Waals surface area contributed by atoms with Crippen LogP contribution in [0.2, 0.25) is 10.0 Å². The summed E-state index contributed by atoms with van der Waals surface area (Å²) in [5.41, 5.74) is 2.14. The highest BCUT2D eigenvalue weighted by atomic mass is 35.5. The molecule has 1 aromatic carbocycles. The molecule has 2 aliphatic heterocycles. The fraction of sp³-hybridized carbons (Fsp3) is 0.533. The maximum atomic E-state index is 12.6. The number of fused-ring (bicyclic) bond motifs is 1. The molecule has 3 rings (SSSR count). The zero-order valence-electron chi connectivity index (χ0n) is 11.9. The molecule has 0 aromatic heterocycles. The number of amides is 1. The number of benzene rings is 1. The number of nitrogens with zero attached hydrogens (tertiary/aromatic N) is 1. The highest BCUT2D eigenvalue weighted by Crippen LogP contribution is 2.37. The van der Waals surface area contributed by atoms with Gasteiger partial charge in [0.15, 0.2) is 0 Å². The van der Waals surface area contributed by atoms with Crippen LogP contribution in [0.15, 0.2) is 12.1 Å². The van der Waals surface area contributed by atoms with Gasteiger partial charge in [0.1, 0.15) is 6.10 Å². The molecule has 1 amide bonds. The van der Waals surface area contributed by atoms with Gasteiger partial charge >= 0.3 is 0 Å². The Morgan fingerprint density at radius 2 is 2.24 bits per heavy atom. The molecule has 21 heavy (non-hydrogen) atoms. The highest BCUT2D eigenvalue weighted by molar-refractivity contribution is 6.35. The fourth-order valence-corrected chi connectivity index (χ4v) is 3.81. The first-order valence-corrected chi connectivity index (χ1v) is 7.94. The quantitative estimate of drug-likeness (QED) is 0.860. The molecule has 2 heterocycles. The summed E-state index contributed by atoms with van der Waals surface area (Å²) in [5, 5.41) is 4.47. The van der Waals surface area contributed by atoms with Gasteiger partial charge in [-0.05, 0) is 36.6 Å². The van der Waals surface area contributed by atoms with Crippen molar-refractivity contribution in [1.82, 2.24) is 10.2 Å². The van der Waals surface area contributed by atoms with Gasteiger partial charge in [0.2, 0.25) is 0 Å². The van der Waals surface area contributed by atoms with Crippen LogP contribution < -0.4 is 5.32 Å². The smallest absolute Gasteiger partial charge is 0.253 e. The number of hydrogen-bond acceptors (Lipinski definition) is 3. The van der Waals surface area contributed by atoms with Gasteiger partial charge in [0.25, 0.3) is 5.91 Å². The average Bonchev–Trinajstić information content (AvgIpc) is 2.47. The van der Waals surface area contributed by atoms with Gasteiger partial charge < -0.3 is 15.0 Å². The number of carbonyl (C=O) groups is 1. The minimum Gasteiger partial charge on any atom is -0.366 e. The SMILES string of the molecule is C[C@@H]1c2c(Cl)cc(Cl)cc2CCN1C(=O)[C@H]1CNCCO1. The Hall–Kier alpha value is -0.810. The van der Waals surface area contributed by atoms with Crippen molar-refractivity contribution in [2.45, 2.75) is 25.5 Å². The van der Waals surface area contributed by atoms with Crippen molar-refractivity contribution in [1.29, 1.82) is 0 Å². The molecule has 1 N–H and O–H groups in total. The van der Waals surface area contributed by atoms with Gasteiger partial charge in [-0.15, -0.1) is 0 Å². The van der Waals surface area contributed by atoms with E-state index in [2.05, 4.69) is 5.32 Å². The lowest BCUT2D eigenvalue weighted by atomic mass is 9.93. The molecule has 6 heteroatoms. The second-order valence-electron chi connectivity index (χ2n) is 5.48. The molecule has 1 aromatic rings. The van der Waals surface area contributed by atoms with E-state index >= 15 is 0 Å². The van der Waals surface area contributed by atoms with E-state index in [4.69, 9.17) is 27.9 Å². The van der Waals surface area contributed by atoms with E-state index in [1.54, 1.807) is 6.07 Å². The first kappa shape index (κ1) is 15.1. The van der Waals surface area contributed by atoms with Crippen LogP contribution in [0.25, 0.3) is 0 Å². The van der Waals surface area contributed by atoms with Crippen LogP contribution in [0.5, 0.6) is 0 Å². The van der Waals surface area contributed by atoms with Crippen molar-refractivity contribution >= 4 is 29.1 Å². The molecule has 2 aliphatic rings. The van der Waals surface area contributed by atoms with Gasteiger partial charge in [0.05, 0.1) is 12.6 Å². The number of rotatable bonds is 1. The highest BCUT2D eigenvalue weighted by Gasteiger charge is 2.34. The van der Waals surface area contributed by atoms with E-state index in [-0.39, 0.29) is 11.9 Å². The molecule has 0 spiro atoms. The molecule has 0 unspecified atom stereocenters. The van der Waals surface area contributed by atoms with Crippen molar-refractivity contribution < 1.29 is 9.53 Å². The second-order valence-corrected chi connectivity index (χ2v) is 6.33. The molecule has 0 bridgehead atoms. The normalized spacial score (nSPS) is 25.6. The van der Waals surface area contributed by atoms with Gasteiger partial charge in [0, 0.05) is 29.7 Å². The van der Waals surface area contributed by atoms with E-state index in [1.807, 2.05) is 17.9 Å². The zero-order chi connectivity index (χ0) is 15.0. The van der Waals surface area contributed by atoms with Crippen LogP contribution >= 0.6 is 23.2 Å². The zero-order valence-corrected chi connectivity index (χ0v) is 13.4. The molecule has 0 aliphatic carbocycles. The lowest BCUT2D eigenvalue weighted by Gasteiger charge is -2.38. The Morgan fingerprint density at radius 3 is 2.95 bits per heavy atom. The summed E-state index contributed by atoms with van der Waals surface area (Å²) >= 11 is 12.4. The third-order valence-corrected chi connectivity index (χ3v) is 4.70. The van der Waals surface area contributed by atoms with Gasteiger partial charge in [-0.1, -0.05) is 23.2 Å². The third-order valence-electron chi connectivity index (χ3n) is 4.17. The number of morpholine rings is 1. The number of carbonyl (C=O) groups excluding carboxylic acids is 1. The molecule has 4 nitrogen and oxygen atoms in total. The Kier molecular flexibility index (Phi) is 4.41. The van der Waals surface area contributed by atoms with Crippen LogP contribution in [0, 0.1) is 0 Å². The Balaban J connectivity index is 1.84. The van der Waals surface area contributed by atoms with Crippen LogP contribution in [-0.2, 0) is 16.0 Å². The van der Waals surface area contributed by atoms with E-state index in [1.165, 1.54) is 0 Å². The summed E-state index contributed by atoms with van der Waals surface area (Å²) < 4.78 is 5.57. The predicted octanol–water partition coefficient (Wildman–Crippen LogP) is 2.43. The summed E-state index contributed by atoms with van der Waals surface area (Å²) in [6.07, 6.45) is 0.375. The van der Waals surface area contributed by atoms with Gasteiger partial charge in [-0.25, -0.2) is 0 Å². The molecule has 114 valence electrons. The molecule has 0 radical (unpaired) electrons. The van der Waals surface area contributed by atoms with Crippen molar-refractivity contribution in [3.63, 3.8) is 0 Å².